The van der Waals surface area contributed by atoms with Gasteiger partial charge in [-0.15, -0.1) is 23.1 Å². The van der Waals surface area contributed by atoms with Crippen LogP contribution < -0.4 is 20.7 Å². The molecule has 0 aliphatic heterocycles. The number of amides is 3. The van der Waals surface area contributed by atoms with Crippen molar-refractivity contribution < 1.29 is 28.7 Å². The van der Waals surface area contributed by atoms with Gasteiger partial charge in [0.1, 0.15) is 16.4 Å². The van der Waals surface area contributed by atoms with Crippen LogP contribution in [0.4, 0.5) is 10.7 Å². The maximum atomic E-state index is 13.6. The van der Waals surface area contributed by atoms with Gasteiger partial charge in [0.2, 0.25) is 5.91 Å². The third-order valence-electron chi connectivity index (χ3n) is 7.90. The van der Waals surface area contributed by atoms with Crippen molar-refractivity contribution in [2.45, 2.75) is 57.3 Å². The Labute approximate surface area is 300 Å². The van der Waals surface area contributed by atoms with Crippen molar-refractivity contribution in [3.8, 4) is 5.75 Å². The molecule has 0 radical (unpaired) electrons. The number of carbonyl (C=O) groups is 4. The maximum Gasteiger partial charge on any atom is 0.341 e. The van der Waals surface area contributed by atoms with Crippen molar-refractivity contribution in [1.82, 2.24) is 5.32 Å². The number of rotatable bonds is 13. The van der Waals surface area contributed by atoms with Gasteiger partial charge >= 0.3 is 5.97 Å². The van der Waals surface area contributed by atoms with Gasteiger partial charge in [0.25, 0.3) is 11.8 Å². The van der Waals surface area contributed by atoms with E-state index >= 15 is 0 Å². The van der Waals surface area contributed by atoms with Crippen LogP contribution in [0.15, 0.2) is 89.5 Å². The number of anilines is 2. The Morgan fingerprint density at radius 3 is 2.34 bits per heavy atom. The molecule has 260 valence electrons. The van der Waals surface area contributed by atoms with Gasteiger partial charge in [-0.2, -0.15) is 0 Å². The molecule has 0 atom stereocenters. The largest absolute Gasteiger partial charge is 0.494 e. The molecule has 0 fully saturated rings. The average molecular weight is 712 g/mol. The zero-order valence-electron chi connectivity index (χ0n) is 28.2. The van der Waals surface area contributed by atoms with E-state index in [2.05, 4.69) is 16.0 Å². The van der Waals surface area contributed by atoms with Gasteiger partial charge in [-0.25, -0.2) is 4.79 Å². The number of ether oxygens (including phenoxy) is 2. The molecule has 0 saturated carbocycles. The van der Waals surface area contributed by atoms with Gasteiger partial charge in [-0.3, -0.25) is 14.4 Å². The van der Waals surface area contributed by atoms with Gasteiger partial charge in [-0.05, 0) is 99.2 Å². The number of hydrogen-bond donors (Lipinski definition) is 3. The fourth-order valence-corrected chi connectivity index (χ4v) is 7.58. The summed E-state index contributed by atoms with van der Waals surface area (Å²) >= 11 is 2.78. The van der Waals surface area contributed by atoms with Crippen LogP contribution in [0.25, 0.3) is 6.08 Å². The van der Waals surface area contributed by atoms with Crippen LogP contribution in [0, 0.1) is 0 Å². The van der Waals surface area contributed by atoms with E-state index in [-0.39, 0.29) is 24.0 Å². The molecular formula is C39H41N3O6S2. The summed E-state index contributed by atoms with van der Waals surface area (Å²) in [4.78, 5) is 54.6. The third kappa shape index (κ3) is 10.1. The number of thiophene rings is 1. The van der Waals surface area contributed by atoms with E-state index in [0.717, 1.165) is 53.9 Å². The lowest BCUT2D eigenvalue weighted by atomic mass is 9.96. The normalized spacial score (nSPS) is 12.9. The minimum absolute atomic E-state index is 0.0582. The van der Waals surface area contributed by atoms with Crippen molar-refractivity contribution in [2.24, 2.45) is 0 Å². The van der Waals surface area contributed by atoms with Crippen molar-refractivity contribution in [3.63, 3.8) is 0 Å². The summed E-state index contributed by atoms with van der Waals surface area (Å²) < 4.78 is 10.9. The van der Waals surface area contributed by atoms with Crippen LogP contribution in [0.5, 0.6) is 5.75 Å². The van der Waals surface area contributed by atoms with Crippen molar-refractivity contribution in [2.75, 3.05) is 29.6 Å². The molecule has 1 aromatic heterocycles. The van der Waals surface area contributed by atoms with Crippen LogP contribution in [0.2, 0.25) is 0 Å². The first-order valence-electron chi connectivity index (χ1n) is 16.8. The zero-order valence-corrected chi connectivity index (χ0v) is 29.8. The van der Waals surface area contributed by atoms with E-state index in [0.29, 0.717) is 39.7 Å². The minimum atomic E-state index is -0.511. The van der Waals surface area contributed by atoms with Crippen LogP contribution >= 0.6 is 23.1 Å². The molecule has 3 N–H and O–H groups in total. The molecule has 0 saturated heterocycles. The van der Waals surface area contributed by atoms with E-state index < -0.39 is 17.8 Å². The first-order valence-corrected chi connectivity index (χ1v) is 18.6. The van der Waals surface area contributed by atoms with Gasteiger partial charge in [0, 0.05) is 21.0 Å². The zero-order chi connectivity index (χ0) is 35.3. The van der Waals surface area contributed by atoms with Crippen LogP contribution in [0.3, 0.4) is 0 Å². The average Bonchev–Trinajstić information content (AvgIpc) is 3.43. The second-order valence-corrected chi connectivity index (χ2v) is 13.7. The second-order valence-electron chi connectivity index (χ2n) is 11.5. The molecule has 3 aromatic carbocycles. The summed E-state index contributed by atoms with van der Waals surface area (Å²) in [6, 6.07) is 23.0. The Morgan fingerprint density at radius 1 is 0.840 bits per heavy atom. The minimum Gasteiger partial charge on any atom is -0.494 e. The molecule has 5 rings (SSSR count). The van der Waals surface area contributed by atoms with E-state index in [1.54, 1.807) is 79.7 Å². The maximum absolute atomic E-state index is 13.6. The summed E-state index contributed by atoms with van der Waals surface area (Å²) in [5.41, 5.74) is 3.17. The highest BCUT2D eigenvalue weighted by Crippen LogP contribution is 2.38. The van der Waals surface area contributed by atoms with Gasteiger partial charge in [0.05, 0.1) is 24.5 Å². The number of hydrogen-bond acceptors (Lipinski definition) is 8. The van der Waals surface area contributed by atoms with Gasteiger partial charge in [0.15, 0.2) is 0 Å². The highest BCUT2D eigenvalue weighted by atomic mass is 32.2. The number of fused-ring (bicyclic) bond motifs is 1. The van der Waals surface area contributed by atoms with E-state index in [1.165, 1.54) is 23.1 Å². The lowest BCUT2D eigenvalue weighted by Gasteiger charge is -2.13. The standard InChI is InChI=1S/C39H41N3O6S2/c1-3-47-29-21-19-26(20-22-29)23-32(41-36(44)27-13-8-7-9-14-27)37(45)40-28-15-12-16-30(24-28)49-25-34(43)42-38-35(39(46)48-4-2)31-17-10-5-6-11-18-33(31)50-38/h7-9,12-16,19-24H,3-6,10-11,17-18,25H2,1-2H3,(H,40,45)(H,41,44)(H,42,43)/b32-23+. The molecule has 11 heteroatoms. The Hall–Kier alpha value is -4.87. The first-order chi connectivity index (χ1) is 24.3. The van der Waals surface area contributed by atoms with E-state index in [9.17, 15) is 19.2 Å². The number of nitrogens with one attached hydrogen (secondary N) is 3. The van der Waals surface area contributed by atoms with Crippen LogP contribution in [-0.4, -0.2) is 42.7 Å². The second kappa shape index (κ2) is 18.2. The topological polar surface area (TPSA) is 123 Å². The first kappa shape index (κ1) is 36.4. The Kier molecular flexibility index (Phi) is 13.3. The number of benzene rings is 3. The van der Waals surface area contributed by atoms with Gasteiger partial charge in [-0.1, -0.05) is 49.2 Å². The summed E-state index contributed by atoms with van der Waals surface area (Å²) in [6.07, 6.45) is 7.64. The Balaban J connectivity index is 1.27. The molecule has 3 amide bonds. The number of carbonyl (C=O) groups excluding carboxylic acids is 4. The quantitative estimate of drug-likeness (QED) is 0.0727. The number of thioether (sulfide) groups is 1. The Morgan fingerprint density at radius 2 is 1.60 bits per heavy atom. The van der Waals surface area contributed by atoms with E-state index in [4.69, 9.17) is 9.47 Å². The predicted molar refractivity (Wildman–Crippen MR) is 200 cm³/mol. The van der Waals surface area contributed by atoms with Crippen LogP contribution in [-0.2, 0) is 27.2 Å². The molecule has 1 aliphatic carbocycles. The van der Waals surface area contributed by atoms with Crippen molar-refractivity contribution >= 4 is 63.6 Å². The lowest BCUT2D eigenvalue weighted by Crippen LogP contribution is -2.30. The van der Waals surface area contributed by atoms with Crippen LogP contribution in [0.1, 0.15) is 76.3 Å². The monoisotopic (exact) mass is 711 g/mol. The highest BCUT2D eigenvalue weighted by molar-refractivity contribution is 8.00. The fourth-order valence-electron chi connectivity index (χ4n) is 5.54. The molecule has 50 heavy (non-hydrogen) atoms. The van der Waals surface area contributed by atoms with Gasteiger partial charge < -0.3 is 25.4 Å². The SMILES string of the molecule is CCOC(=O)c1c(NC(=O)CSc2cccc(NC(=O)/C(=C\c3ccc(OCC)cc3)NC(=O)c3ccccc3)c2)sc2c1CCCCCC2. The van der Waals surface area contributed by atoms with Crippen molar-refractivity contribution in [1.29, 1.82) is 0 Å². The summed E-state index contributed by atoms with van der Waals surface area (Å²) in [6.45, 7) is 4.47. The molecule has 0 bridgehead atoms. The number of esters is 1. The fraction of sp³-hybridized carbons (Fsp3) is 0.282. The summed E-state index contributed by atoms with van der Waals surface area (Å²) in [5.74, 6) is -0.772. The number of aryl methyl sites for hydroxylation is 1. The summed E-state index contributed by atoms with van der Waals surface area (Å²) in [5, 5.41) is 9.16. The summed E-state index contributed by atoms with van der Waals surface area (Å²) in [7, 11) is 0. The Bertz CT molecular complexity index is 1840. The highest BCUT2D eigenvalue weighted by Gasteiger charge is 2.26. The van der Waals surface area contributed by atoms with Crippen molar-refractivity contribution in [3.05, 3.63) is 112 Å². The molecule has 1 heterocycles. The molecular weight excluding hydrogens is 671 g/mol. The molecule has 1 aliphatic rings. The third-order valence-corrected chi connectivity index (χ3v) is 10.1. The lowest BCUT2D eigenvalue weighted by molar-refractivity contribution is -0.114. The smallest absolute Gasteiger partial charge is 0.341 e. The molecule has 0 unspecified atom stereocenters. The molecule has 0 spiro atoms. The predicted octanol–water partition coefficient (Wildman–Crippen LogP) is 8.12. The molecule has 9 nitrogen and oxygen atoms in total. The van der Waals surface area contributed by atoms with E-state index in [1.807, 2.05) is 19.1 Å². The molecule has 4 aromatic rings.